The molecule has 5 rings (SSSR count). The van der Waals surface area contributed by atoms with Crippen molar-refractivity contribution in [3.63, 3.8) is 0 Å². The van der Waals surface area contributed by atoms with Crippen LogP contribution in [0.5, 0.6) is 0 Å². The minimum absolute atomic E-state index is 0.00956. The Hall–Kier alpha value is -3.39. The van der Waals surface area contributed by atoms with Gasteiger partial charge in [0.2, 0.25) is 0 Å². The van der Waals surface area contributed by atoms with Crippen LogP contribution in [0.15, 0.2) is 58.7 Å². The quantitative estimate of drug-likeness (QED) is 0.473. The molecule has 0 radical (unpaired) electrons. The number of amides is 1. The molecule has 1 N–H and O–H groups in total. The van der Waals surface area contributed by atoms with Crippen molar-refractivity contribution in [1.29, 1.82) is 0 Å². The van der Waals surface area contributed by atoms with Crippen molar-refractivity contribution in [1.82, 2.24) is 19.4 Å². The van der Waals surface area contributed by atoms with Gasteiger partial charge < -0.3 is 9.80 Å². The number of aromatic nitrogens is 3. The van der Waals surface area contributed by atoms with Gasteiger partial charge in [0.15, 0.2) is 5.65 Å². The SMILES string of the molecule is CC(C)(C)Cn1c(=O)[nH]c2nc(-c3cccc(N4CCN(C(=O)c5cccs5)CC4)c3)ccc21. The number of benzene rings is 1. The second-order valence-corrected chi connectivity index (χ2v) is 10.9. The zero-order valence-corrected chi connectivity index (χ0v) is 20.6. The van der Waals surface area contributed by atoms with E-state index >= 15 is 0 Å². The summed E-state index contributed by atoms with van der Waals surface area (Å²) in [5.74, 6) is 0.119. The number of hydrogen-bond acceptors (Lipinski definition) is 5. The van der Waals surface area contributed by atoms with Crippen LogP contribution < -0.4 is 10.6 Å². The third kappa shape index (κ3) is 4.50. The van der Waals surface area contributed by atoms with E-state index in [1.54, 1.807) is 4.57 Å². The zero-order valence-electron chi connectivity index (χ0n) is 19.7. The Bertz CT molecular complexity index is 1370. The first-order valence-electron chi connectivity index (χ1n) is 11.6. The topological polar surface area (TPSA) is 74.2 Å². The van der Waals surface area contributed by atoms with Crippen LogP contribution in [0.4, 0.5) is 5.69 Å². The van der Waals surface area contributed by atoms with Crippen LogP contribution in [-0.2, 0) is 6.54 Å². The molecule has 0 bridgehead atoms. The van der Waals surface area contributed by atoms with Gasteiger partial charge in [-0.15, -0.1) is 11.3 Å². The third-order valence-corrected chi connectivity index (χ3v) is 6.93. The Morgan fingerprint density at radius 3 is 2.56 bits per heavy atom. The van der Waals surface area contributed by atoms with Crippen LogP contribution in [0.2, 0.25) is 0 Å². The number of hydrogen-bond donors (Lipinski definition) is 1. The summed E-state index contributed by atoms with van der Waals surface area (Å²) < 4.78 is 1.76. The second-order valence-electron chi connectivity index (χ2n) is 9.95. The lowest BCUT2D eigenvalue weighted by Crippen LogP contribution is -2.48. The van der Waals surface area contributed by atoms with Gasteiger partial charge in [-0.25, -0.2) is 9.78 Å². The highest BCUT2D eigenvalue weighted by molar-refractivity contribution is 7.12. The first kappa shape index (κ1) is 22.4. The molecule has 0 saturated carbocycles. The van der Waals surface area contributed by atoms with Gasteiger partial charge in [-0.2, -0.15) is 0 Å². The van der Waals surface area contributed by atoms with E-state index in [1.807, 2.05) is 46.7 Å². The van der Waals surface area contributed by atoms with Gasteiger partial charge in [-0.3, -0.25) is 14.3 Å². The molecule has 4 aromatic rings. The highest BCUT2D eigenvalue weighted by Crippen LogP contribution is 2.27. The number of thiophene rings is 1. The van der Waals surface area contributed by atoms with Gasteiger partial charge in [0, 0.05) is 44.0 Å². The van der Waals surface area contributed by atoms with Crippen molar-refractivity contribution < 1.29 is 4.79 Å². The molecular formula is C26H29N5O2S. The van der Waals surface area contributed by atoms with E-state index < -0.39 is 0 Å². The molecule has 0 atom stereocenters. The fourth-order valence-electron chi connectivity index (χ4n) is 4.42. The maximum Gasteiger partial charge on any atom is 0.327 e. The highest BCUT2D eigenvalue weighted by Gasteiger charge is 2.23. The zero-order chi connectivity index (χ0) is 23.9. The number of nitrogens with one attached hydrogen (secondary N) is 1. The van der Waals surface area contributed by atoms with Crippen LogP contribution in [0.3, 0.4) is 0 Å². The van der Waals surface area contributed by atoms with E-state index in [9.17, 15) is 9.59 Å². The molecule has 34 heavy (non-hydrogen) atoms. The fraction of sp³-hybridized carbons (Fsp3) is 0.346. The molecule has 0 aliphatic carbocycles. The Morgan fingerprint density at radius 2 is 1.85 bits per heavy atom. The number of pyridine rings is 1. The molecule has 0 spiro atoms. The van der Waals surface area contributed by atoms with Crippen LogP contribution in [-0.4, -0.2) is 51.5 Å². The summed E-state index contributed by atoms with van der Waals surface area (Å²) in [6, 6.07) is 16.1. The summed E-state index contributed by atoms with van der Waals surface area (Å²) in [6.07, 6.45) is 0. The molecule has 7 nitrogen and oxygen atoms in total. The molecule has 0 unspecified atom stereocenters. The van der Waals surface area contributed by atoms with E-state index in [1.165, 1.54) is 11.3 Å². The van der Waals surface area contributed by atoms with Crippen LogP contribution in [0.1, 0.15) is 30.4 Å². The molecule has 1 aromatic carbocycles. The minimum atomic E-state index is -0.127. The fourth-order valence-corrected chi connectivity index (χ4v) is 5.11. The molecule has 1 fully saturated rings. The van der Waals surface area contributed by atoms with E-state index in [0.29, 0.717) is 25.3 Å². The molecule has 1 aliphatic heterocycles. The number of fused-ring (bicyclic) bond motifs is 1. The van der Waals surface area contributed by atoms with Gasteiger partial charge in [0.1, 0.15) is 0 Å². The van der Waals surface area contributed by atoms with Crippen LogP contribution >= 0.6 is 11.3 Å². The standard InChI is InChI=1S/C26H29N5O2S/c1-26(2,3)17-31-21-10-9-20(27-23(21)28-25(31)33)18-6-4-7-19(16-18)29-11-13-30(14-12-29)24(32)22-8-5-15-34-22/h4-10,15-16H,11-14,17H2,1-3H3,(H,27,28,33). The molecule has 3 aromatic heterocycles. The Kier molecular flexibility index (Phi) is 5.77. The van der Waals surface area contributed by atoms with Gasteiger partial charge >= 0.3 is 5.69 Å². The molecular weight excluding hydrogens is 446 g/mol. The number of piperazine rings is 1. The third-order valence-electron chi connectivity index (χ3n) is 6.07. The average molecular weight is 476 g/mol. The van der Waals surface area contributed by atoms with Gasteiger partial charge in [-0.05, 0) is 41.1 Å². The molecule has 176 valence electrons. The van der Waals surface area contributed by atoms with Crippen molar-refractivity contribution in [2.45, 2.75) is 27.3 Å². The van der Waals surface area contributed by atoms with Crippen molar-refractivity contribution in [2.24, 2.45) is 5.41 Å². The minimum Gasteiger partial charge on any atom is -0.368 e. The van der Waals surface area contributed by atoms with Crippen molar-refractivity contribution in [2.75, 3.05) is 31.1 Å². The lowest BCUT2D eigenvalue weighted by molar-refractivity contribution is 0.0751. The second kappa shape index (κ2) is 8.76. The first-order valence-corrected chi connectivity index (χ1v) is 12.4. The number of carbonyl (C=O) groups is 1. The normalized spacial score (nSPS) is 14.7. The molecule has 8 heteroatoms. The first-order chi connectivity index (χ1) is 16.3. The predicted octanol–water partition coefficient (Wildman–Crippen LogP) is 4.46. The lowest BCUT2D eigenvalue weighted by Gasteiger charge is -2.36. The maximum atomic E-state index is 12.6. The summed E-state index contributed by atoms with van der Waals surface area (Å²) >= 11 is 1.49. The van der Waals surface area contributed by atoms with Crippen LogP contribution in [0, 0.1) is 5.41 Å². The number of aromatic amines is 1. The van der Waals surface area contributed by atoms with Gasteiger partial charge in [-0.1, -0.05) is 39.0 Å². The van der Waals surface area contributed by atoms with Gasteiger partial charge in [0.25, 0.3) is 5.91 Å². The van der Waals surface area contributed by atoms with E-state index in [2.05, 4.69) is 42.8 Å². The summed E-state index contributed by atoms with van der Waals surface area (Å²) in [6.45, 7) is 9.95. The largest absolute Gasteiger partial charge is 0.368 e. The lowest BCUT2D eigenvalue weighted by atomic mass is 9.97. The van der Waals surface area contributed by atoms with E-state index in [0.717, 1.165) is 40.4 Å². The number of rotatable bonds is 4. The summed E-state index contributed by atoms with van der Waals surface area (Å²) in [5.41, 5.74) is 4.24. The number of nitrogens with zero attached hydrogens (tertiary/aromatic N) is 4. The highest BCUT2D eigenvalue weighted by atomic mass is 32.1. The molecule has 4 heterocycles. The Labute approximate surface area is 202 Å². The average Bonchev–Trinajstić information content (AvgIpc) is 3.46. The number of imidazole rings is 1. The number of H-pyrrole nitrogens is 1. The van der Waals surface area contributed by atoms with Crippen molar-refractivity contribution >= 4 is 34.1 Å². The monoisotopic (exact) mass is 475 g/mol. The molecule has 1 aliphatic rings. The smallest absolute Gasteiger partial charge is 0.327 e. The summed E-state index contributed by atoms with van der Waals surface area (Å²) in [5, 5.41) is 1.94. The maximum absolute atomic E-state index is 12.6. The van der Waals surface area contributed by atoms with Gasteiger partial charge in [0.05, 0.1) is 16.1 Å². The molecule has 1 saturated heterocycles. The van der Waals surface area contributed by atoms with Crippen molar-refractivity contribution in [3.8, 4) is 11.3 Å². The Balaban J connectivity index is 1.34. The number of anilines is 1. The summed E-state index contributed by atoms with van der Waals surface area (Å²) in [4.78, 5) is 37.9. The predicted molar refractivity (Wildman–Crippen MR) is 138 cm³/mol. The van der Waals surface area contributed by atoms with E-state index in [-0.39, 0.29) is 17.0 Å². The van der Waals surface area contributed by atoms with Crippen LogP contribution in [0.25, 0.3) is 22.4 Å². The summed E-state index contributed by atoms with van der Waals surface area (Å²) in [7, 11) is 0. The van der Waals surface area contributed by atoms with Crippen molar-refractivity contribution in [3.05, 3.63) is 69.3 Å². The molecule has 1 amide bonds. The number of carbonyl (C=O) groups excluding carboxylic acids is 1. The Morgan fingerprint density at radius 1 is 1.06 bits per heavy atom. The van der Waals surface area contributed by atoms with E-state index in [4.69, 9.17) is 4.98 Å².